The Balaban J connectivity index is 1.96. The number of rotatable bonds is 3. The van der Waals surface area contributed by atoms with Crippen molar-refractivity contribution in [1.29, 1.82) is 5.26 Å². The zero-order valence-electron chi connectivity index (χ0n) is 12.3. The Morgan fingerprint density at radius 3 is 2.71 bits per heavy atom. The summed E-state index contributed by atoms with van der Waals surface area (Å²) in [7, 11) is 1.82. The summed E-state index contributed by atoms with van der Waals surface area (Å²) in [6, 6.07) is 3.80. The van der Waals surface area contributed by atoms with Gasteiger partial charge in [-0.1, -0.05) is 6.42 Å². The molecule has 1 fully saturated rings. The molecule has 1 aromatic heterocycles. The van der Waals surface area contributed by atoms with Gasteiger partial charge in [-0.25, -0.2) is 0 Å². The van der Waals surface area contributed by atoms with Crippen molar-refractivity contribution in [2.75, 3.05) is 0 Å². The predicted octanol–water partition coefficient (Wildman–Crippen LogP) is 3.42. The van der Waals surface area contributed by atoms with E-state index < -0.39 is 12.1 Å². The Kier molecular flexibility index (Phi) is 4.62. The molecule has 0 radical (unpaired) electrons. The van der Waals surface area contributed by atoms with Gasteiger partial charge in [-0.15, -0.1) is 0 Å². The van der Waals surface area contributed by atoms with Crippen molar-refractivity contribution >= 4 is 0 Å². The van der Waals surface area contributed by atoms with Crippen molar-refractivity contribution < 1.29 is 13.2 Å². The SMILES string of the molecule is Cc1c(CNC2CCCC(C(F)(F)F)C2)cc(C#N)n1C. The molecule has 1 aliphatic rings. The highest BCUT2D eigenvalue weighted by molar-refractivity contribution is 5.34. The molecule has 0 saturated heterocycles. The van der Waals surface area contributed by atoms with Crippen LogP contribution in [0.1, 0.15) is 42.6 Å². The van der Waals surface area contributed by atoms with Gasteiger partial charge in [-0.05, 0) is 37.8 Å². The largest absolute Gasteiger partial charge is 0.391 e. The lowest BCUT2D eigenvalue weighted by molar-refractivity contribution is -0.183. The number of hydrogen-bond donors (Lipinski definition) is 1. The first-order valence-electron chi connectivity index (χ1n) is 7.18. The van der Waals surface area contributed by atoms with Gasteiger partial charge in [0.1, 0.15) is 11.8 Å². The number of nitrogens with one attached hydrogen (secondary N) is 1. The fourth-order valence-corrected chi connectivity index (χ4v) is 2.98. The van der Waals surface area contributed by atoms with Crippen LogP contribution in [0, 0.1) is 24.2 Å². The number of halogens is 3. The molecule has 0 bridgehead atoms. The van der Waals surface area contributed by atoms with Gasteiger partial charge in [-0.2, -0.15) is 18.4 Å². The van der Waals surface area contributed by atoms with Gasteiger partial charge in [0.25, 0.3) is 0 Å². The first kappa shape index (κ1) is 15.9. The minimum absolute atomic E-state index is 0.101. The van der Waals surface area contributed by atoms with E-state index in [1.54, 1.807) is 10.6 Å². The lowest BCUT2D eigenvalue weighted by atomic mass is 9.85. The topological polar surface area (TPSA) is 40.8 Å². The monoisotopic (exact) mass is 299 g/mol. The molecule has 0 aliphatic heterocycles. The highest BCUT2D eigenvalue weighted by atomic mass is 19.4. The van der Waals surface area contributed by atoms with Gasteiger partial charge in [-0.3, -0.25) is 0 Å². The van der Waals surface area contributed by atoms with Crippen LogP contribution in [-0.4, -0.2) is 16.8 Å². The maximum atomic E-state index is 12.8. The number of alkyl halides is 3. The first-order valence-corrected chi connectivity index (χ1v) is 7.18. The molecule has 6 heteroatoms. The summed E-state index contributed by atoms with van der Waals surface area (Å²) < 4.78 is 40.1. The van der Waals surface area contributed by atoms with Gasteiger partial charge in [0.2, 0.25) is 0 Å². The van der Waals surface area contributed by atoms with E-state index in [1.807, 2.05) is 14.0 Å². The van der Waals surface area contributed by atoms with Gasteiger partial charge < -0.3 is 9.88 Å². The minimum Gasteiger partial charge on any atom is -0.340 e. The van der Waals surface area contributed by atoms with Crippen LogP contribution in [0.3, 0.4) is 0 Å². The van der Waals surface area contributed by atoms with Gasteiger partial charge in [0.05, 0.1) is 5.92 Å². The number of nitrogens with zero attached hydrogens (tertiary/aromatic N) is 2. The quantitative estimate of drug-likeness (QED) is 0.929. The fraction of sp³-hybridized carbons (Fsp3) is 0.667. The van der Waals surface area contributed by atoms with E-state index >= 15 is 0 Å². The van der Waals surface area contributed by atoms with Crippen molar-refractivity contribution in [2.24, 2.45) is 13.0 Å². The molecular weight excluding hydrogens is 279 g/mol. The molecule has 1 N–H and O–H groups in total. The second-order valence-corrected chi connectivity index (χ2v) is 5.79. The highest BCUT2D eigenvalue weighted by Crippen LogP contribution is 2.37. The third kappa shape index (κ3) is 3.59. The number of aromatic nitrogens is 1. The number of nitriles is 1. The molecule has 2 unspecified atom stereocenters. The van der Waals surface area contributed by atoms with E-state index in [4.69, 9.17) is 5.26 Å². The molecule has 1 heterocycles. The van der Waals surface area contributed by atoms with E-state index in [9.17, 15) is 13.2 Å². The van der Waals surface area contributed by atoms with Crippen molar-refractivity contribution in [3.05, 3.63) is 23.0 Å². The molecule has 1 aliphatic carbocycles. The summed E-state index contributed by atoms with van der Waals surface area (Å²) in [5.74, 6) is -1.18. The smallest absolute Gasteiger partial charge is 0.340 e. The van der Waals surface area contributed by atoms with Crippen molar-refractivity contribution in [3.63, 3.8) is 0 Å². The molecule has 2 rings (SSSR count). The molecule has 3 nitrogen and oxygen atoms in total. The molecular formula is C15H20F3N3. The maximum absolute atomic E-state index is 12.8. The molecule has 21 heavy (non-hydrogen) atoms. The normalized spacial score (nSPS) is 23.0. The van der Waals surface area contributed by atoms with Crippen LogP contribution in [-0.2, 0) is 13.6 Å². The Morgan fingerprint density at radius 1 is 1.43 bits per heavy atom. The van der Waals surface area contributed by atoms with Crippen LogP contribution in [0.4, 0.5) is 13.2 Å². The zero-order chi connectivity index (χ0) is 15.6. The zero-order valence-corrected chi connectivity index (χ0v) is 12.3. The second kappa shape index (κ2) is 6.10. The lowest BCUT2D eigenvalue weighted by Gasteiger charge is -2.31. The molecule has 0 spiro atoms. The van der Waals surface area contributed by atoms with Gasteiger partial charge in [0, 0.05) is 25.3 Å². The minimum atomic E-state index is -4.09. The summed E-state index contributed by atoms with van der Waals surface area (Å²) in [4.78, 5) is 0. The number of hydrogen-bond acceptors (Lipinski definition) is 2. The van der Waals surface area contributed by atoms with Crippen molar-refractivity contribution in [3.8, 4) is 6.07 Å². The third-order valence-corrected chi connectivity index (χ3v) is 4.47. The van der Waals surface area contributed by atoms with E-state index in [-0.39, 0.29) is 18.9 Å². The van der Waals surface area contributed by atoms with Crippen LogP contribution in [0.25, 0.3) is 0 Å². The van der Waals surface area contributed by atoms with Crippen LogP contribution >= 0.6 is 0 Å². The first-order chi connectivity index (χ1) is 9.82. The Bertz CT molecular complexity index is 540. The van der Waals surface area contributed by atoms with Gasteiger partial charge in [0.15, 0.2) is 0 Å². The molecule has 1 saturated carbocycles. The van der Waals surface area contributed by atoms with Crippen molar-refractivity contribution in [2.45, 2.75) is 51.4 Å². The average Bonchev–Trinajstić information content (AvgIpc) is 2.72. The fourth-order valence-electron chi connectivity index (χ4n) is 2.98. The summed E-state index contributed by atoms with van der Waals surface area (Å²) in [6.45, 7) is 2.42. The Morgan fingerprint density at radius 2 is 2.14 bits per heavy atom. The van der Waals surface area contributed by atoms with Crippen LogP contribution in [0.15, 0.2) is 6.07 Å². The van der Waals surface area contributed by atoms with Crippen LogP contribution < -0.4 is 5.32 Å². The molecule has 2 atom stereocenters. The summed E-state index contributed by atoms with van der Waals surface area (Å²) in [5, 5.41) is 12.2. The highest BCUT2D eigenvalue weighted by Gasteiger charge is 2.41. The van der Waals surface area contributed by atoms with Crippen molar-refractivity contribution in [1.82, 2.24) is 9.88 Å². The Hall–Kier alpha value is -1.48. The van der Waals surface area contributed by atoms with Crippen LogP contribution in [0.5, 0.6) is 0 Å². The van der Waals surface area contributed by atoms with E-state index in [1.165, 1.54) is 0 Å². The summed E-state index contributed by atoms with van der Waals surface area (Å²) in [5.41, 5.74) is 2.52. The van der Waals surface area contributed by atoms with Gasteiger partial charge >= 0.3 is 6.18 Å². The molecule has 0 aromatic carbocycles. The predicted molar refractivity (Wildman–Crippen MR) is 73.5 cm³/mol. The third-order valence-electron chi connectivity index (χ3n) is 4.47. The maximum Gasteiger partial charge on any atom is 0.391 e. The van der Waals surface area contributed by atoms with E-state index in [0.29, 0.717) is 18.7 Å². The molecule has 1 aromatic rings. The van der Waals surface area contributed by atoms with E-state index in [0.717, 1.165) is 17.7 Å². The summed E-state index contributed by atoms with van der Waals surface area (Å²) in [6.07, 6.45) is -2.30. The lowest BCUT2D eigenvalue weighted by Crippen LogP contribution is -2.38. The summed E-state index contributed by atoms with van der Waals surface area (Å²) >= 11 is 0. The molecule has 0 amide bonds. The Labute approximate surface area is 122 Å². The van der Waals surface area contributed by atoms with E-state index in [2.05, 4.69) is 11.4 Å². The average molecular weight is 299 g/mol. The standard InChI is InChI=1S/C15H20F3N3/c1-10-11(6-14(8-19)21(10)2)9-20-13-5-3-4-12(7-13)15(16,17)18/h6,12-13,20H,3-5,7,9H2,1-2H3. The van der Waals surface area contributed by atoms with Crippen LogP contribution in [0.2, 0.25) is 0 Å². The molecule has 116 valence electrons. The second-order valence-electron chi connectivity index (χ2n) is 5.79.